The van der Waals surface area contributed by atoms with Gasteiger partial charge in [-0.3, -0.25) is 4.79 Å². The quantitative estimate of drug-likeness (QED) is 0.767. The molecule has 1 aromatic carbocycles. The Labute approximate surface area is 108 Å². The summed E-state index contributed by atoms with van der Waals surface area (Å²) in [5, 5.41) is 8.98. The van der Waals surface area contributed by atoms with Crippen molar-refractivity contribution in [2.75, 3.05) is 20.8 Å². The van der Waals surface area contributed by atoms with Crippen LogP contribution in [0.2, 0.25) is 0 Å². The average Bonchev–Trinajstić information content (AvgIpc) is 2.37. The van der Waals surface area contributed by atoms with Crippen LogP contribution in [-0.2, 0) is 9.53 Å². The Morgan fingerprint density at radius 2 is 2.05 bits per heavy atom. The third kappa shape index (κ3) is 3.00. The molecule has 0 bridgehead atoms. The fraction of sp³-hybridized carbons (Fsp3) is 0.333. The van der Waals surface area contributed by atoms with Gasteiger partial charge in [-0.25, -0.2) is 9.18 Å². The smallest absolute Gasteiger partial charge is 0.341 e. The molecular weight excluding hydrogens is 257 g/mol. The van der Waals surface area contributed by atoms with Crippen LogP contribution in [0.5, 0.6) is 5.75 Å². The van der Waals surface area contributed by atoms with E-state index in [-0.39, 0.29) is 23.4 Å². The minimum absolute atomic E-state index is 0.0775. The summed E-state index contributed by atoms with van der Waals surface area (Å²) in [4.78, 5) is 22.5. The summed E-state index contributed by atoms with van der Waals surface area (Å²) in [7, 11) is 2.33. The zero-order valence-corrected chi connectivity index (χ0v) is 10.5. The number of nitrogens with two attached hydrogens (primary N) is 1. The summed E-state index contributed by atoms with van der Waals surface area (Å²) < 4.78 is 23.1. The van der Waals surface area contributed by atoms with Gasteiger partial charge in [-0.1, -0.05) is 0 Å². The van der Waals surface area contributed by atoms with Crippen molar-refractivity contribution in [1.82, 2.24) is 0 Å². The van der Waals surface area contributed by atoms with Crippen LogP contribution >= 0.6 is 0 Å². The van der Waals surface area contributed by atoms with Crippen molar-refractivity contribution in [3.05, 3.63) is 29.1 Å². The molecule has 104 valence electrons. The van der Waals surface area contributed by atoms with Crippen molar-refractivity contribution in [2.24, 2.45) is 5.73 Å². The summed E-state index contributed by atoms with van der Waals surface area (Å²) in [5.41, 5.74) is 5.23. The SMILES string of the molecule is COC(=O)c1cc(C(CN)C(=O)O)cc(F)c1OC. The molecule has 0 spiro atoms. The van der Waals surface area contributed by atoms with E-state index in [4.69, 9.17) is 15.6 Å². The molecule has 1 unspecified atom stereocenters. The maximum atomic E-state index is 13.8. The Morgan fingerprint density at radius 3 is 2.47 bits per heavy atom. The highest BCUT2D eigenvalue weighted by Gasteiger charge is 2.24. The van der Waals surface area contributed by atoms with Gasteiger partial charge in [0.15, 0.2) is 11.6 Å². The number of hydrogen-bond acceptors (Lipinski definition) is 5. The van der Waals surface area contributed by atoms with Gasteiger partial charge >= 0.3 is 11.9 Å². The molecule has 1 aromatic rings. The normalized spacial score (nSPS) is 11.8. The molecule has 1 rings (SSSR count). The summed E-state index contributed by atoms with van der Waals surface area (Å²) in [6, 6.07) is 2.19. The Bertz CT molecular complexity index is 503. The van der Waals surface area contributed by atoms with Crippen molar-refractivity contribution in [3.63, 3.8) is 0 Å². The number of methoxy groups -OCH3 is 2. The maximum Gasteiger partial charge on any atom is 0.341 e. The third-order valence-electron chi connectivity index (χ3n) is 2.61. The molecule has 0 radical (unpaired) electrons. The van der Waals surface area contributed by atoms with Crippen LogP contribution in [0.25, 0.3) is 0 Å². The number of carboxylic acid groups (broad SMARTS) is 1. The van der Waals surface area contributed by atoms with Crippen LogP contribution in [0.4, 0.5) is 4.39 Å². The summed E-state index contributed by atoms with van der Waals surface area (Å²) in [6.45, 7) is -0.221. The van der Waals surface area contributed by atoms with Crippen LogP contribution in [0.15, 0.2) is 12.1 Å². The Hall–Kier alpha value is -2.15. The number of aliphatic carboxylic acids is 1. The second-order valence-electron chi connectivity index (χ2n) is 3.70. The molecule has 3 N–H and O–H groups in total. The van der Waals surface area contributed by atoms with Crippen molar-refractivity contribution >= 4 is 11.9 Å². The molecule has 0 saturated heterocycles. The molecule has 0 heterocycles. The number of halogens is 1. The zero-order chi connectivity index (χ0) is 14.6. The molecule has 0 aromatic heterocycles. The van der Waals surface area contributed by atoms with E-state index in [1.54, 1.807) is 0 Å². The third-order valence-corrected chi connectivity index (χ3v) is 2.61. The van der Waals surface area contributed by atoms with E-state index in [1.807, 2.05) is 0 Å². The number of esters is 1. The first kappa shape index (κ1) is 14.9. The van der Waals surface area contributed by atoms with Gasteiger partial charge in [0.1, 0.15) is 5.56 Å². The Kier molecular flexibility index (Phi) is 4.82. The lowest BCUT2D eigenvalue weighted by molar-refractivity contribution is -0.138. The molecule has 0 aliphatic carbocycles. The number of rotatable bonds is 5. The molecule has 1 atom stereocenters. The molecule has 0 aliphatic heterocycles. The first-order valence-electron chi connectivity index (χ1n) is 5.34. The largest absolute Gasteiger partial charge is 0.493 e. The average molecular weight is 271 g/mol. The van der Waals surface area contributed by atoms with Gasteiger partial charge in [0.25, 0.3) is 0 Å². The molecule has 19 heavy (non-hydrogen) atoms. The standard InChI is InChI=1S/C12H14FNO5/c1-18-10-7(12(17)19-2)3-6(4-9(10)13)8(5-14)11(15)16/h3-4,8H,5,14H2,1-2H3,(H,15,16). The van der Waals surface area contributed by atoms with Gasteiger partial charge in [0, 0.05) is 6.54 Å². The van der Waals surface area contributed by atoms with Gasteiger partial charge in [-0.05, 0) is 17.7 Å². The van der Waals surface area contributed by atoms with Crippen LogP contribution in [-0.4, -0.2) is 37.8 Å². The number of carboxylic acids is 1. The molecular formula is C12H14FNO5. The van der Waals surface area contributed by atoms with Crippen molar-refractivity contribution in [2.45, 2.75) is 5.92 Å². The number of benzene rings is 1. The molecule has 6 nitrogen and oxygen atoms in total. The molecule has 0 amide bonds. The van der Waals surface area contributed by atoms with E-state index < -0.39 is 23.7 Å². The van der Waals surface area contributed by atoms with Gasteiger partial charge < -0.3 is 20.3 Å². The van der Waals surface area contributed by atoms with Gasteiger partial charge in [-0.15, -0.1) is 0 Å². The lowest BCUT2D eigenvalue weighted by Gasteiger charge is -2.14. The zero-order valence-electron chi connectivity index (χ0n) is 10.5. The highest BCUT2D eigenvalue weighted by Crippen LogP contribution is 2.28. The lowest BCUT2D eigenvalue weighted by Crippen LogP contribution is -2.22. The minimum Gasteiger partial charge on any atom is -0.493 e. The molecule has 7 heteroatoms. The van der Waals surface area contributed by atoms with Crippen LogP contribution in [0.1, 0.15) is 21.8 Å². The highest BCUT2D eigenvalue weighted by molar-refractivity contribution is 5.93. The van der Waals surface area contributed by atoms with E-state index in [9.17, 15) is 14.0 Å². The van der Waals surface area contributed by atoms with Gasteiger partial charge in [0.05, 0.1) is 20.1 Å². The van der Waals surface area contributed by atoms with Gasteiger partial charge in [-0.2, -0.15) is 0 Å². The van der Waals surface area contributed by atoms with Crippen LogP contribution < -0.4 is 10.5 Å². The monoisotopic (exact) mass is 271 g/mol. The highest BCUT2D eigenvalue weighted by atomic mass is 19.1. The van der Waals surface area contributed by atoms with E-state index in [1.165, 1.54) is 13.2 Å². The Balaban J connectivity index is 3.41. The van der Waals surface area contributed by atoms with Crippen LogP contribution in [0, 0.1) is 5.82 Å². The minimum atomic E-state index is -1.21. The summed E-state index contributed by atoms with van der Waals surface area (Å²) in [5.74, 6) is -4.28. The molecule has 0 fully saturated rings. The van der Waals surface area contributed by atoms with Gasteiger partial charge in [0.2, 0.25) is 0 Å². The lowest BCUT2D eigenvalue weighted by atomic mass is 9.96. The van der Waals surface area contributed by atoms with E-state index >= 15 is 0 Å². The van der Waals surface area contributed by atoms with Crippen molar-refractivity contribution in [1.29, 1.82) is 0 Å². The predicted octanol–water partition coefficient (Wildman–Crippen LogP) is 0.748. The number of ether oxygens (including phenoxy) is 2. The van der Waals surface area contributed by atoms with E-state index in [0.717, 1.165) is 13.2 Å². The van der Waals surface area contributed by atoms with Crippen molar-refractivity contribution in [3.8, 4) is 5.75 Å². The predicted molar refractivity (Wildman–Crippen MR) is 63.7 cm³/mol. The number of carbonyl (C=O) groups excluding carboxylic acids is 1. The Morgan fingerprint density at radius 1 is 1.42 bits per heavy atom. The fourth-order valence-electron chi connectivity index (χ4n) is 1.66. The second kappa shape index (κ2) is 6.14. The number of carbonyl (C=O) groups is 2. The first-order valence-corrected chi connectivity index (χ1v) is 5.34. The first-order chi connectivity index (χ1) is 8.96. The fourth-order valence-corrected chi connectivity index (χ4v) is 1.66. The topological polar surface area (TPSA) is 98.9 Å². The van der Waals surface area contributed by atoms with E-state index in [2.05, 4.69) is 4.74 Å². The van der Waals surface area contributed by atoms with E-state index in [0.29, 0.717) is 0 Å². The van der Waals surface area contributed by atoms with Crippen LogP contribution in [0.3, 0.4) is 0 Å². The number of hydrogen-bond donors (Lipinski definition) is 2. The molecule has 0 saturated carbocycles. The van der Waals surface area contributed by atoms with Crippen molar-refractivity contribution < 1.29 is 28.6 Å². The second-order valence-corrected chi connectivity index (χ2v) is 3.70. The summed E-state index contributed by atoms with van der Waals surface area (Å²) in [6.07, 6.45) is 0. The molecule has 0 aliphatic rings. The maximum absolute atomic E-state index is 13.8. The summed E-state index contributed by atoms with van der Waals surface area (Å²) >= 11 is 0.